The summed E-state index contributed by atoms with van der Waals surface area (Å²) in [5, 5.41) is 5.24. The van der Waals surface area contributed by atoms with E-state index in [-0.39, 0.29) is 5.91 Å². The fraction of sp³-hybridized carbons (Fsp3) is 0.120. The second-order valence-electron chi connectivity index (χ2n) is 7.02. The highest BCUT2D eigenvalue weighted by Gasteiger charge is 2.07. The second-order valence-corrected chi connectivity index (χ2v) is 7.02. The lowest BCUT2D eigenvalue weighted by molar-refractivity contribution is 0.0955. The van der Waals surface area contributed by atoms with Gasteiger partial charge in [-0.2, -0.15) is 5.10 Å². The van der Waals surface area contributed by atoms with Crippen LogP contribution in [0, 0.1) is 6.92 Å². The van der Waals surface area contributed by atoms with E-state index in [1.54, 1.807) is 18.3 Å². The second kappa shape index (κ2) is 9.09. The lowest BCUT2D eigenvalue weighted by Gasteiger charge is -2.08. The third-order valence-corrected chi connectivity index (χ3v) is 4.85. The average molecular weight is 397 g/mol. The van der Waals surface area contributed by atoms with Gasteiger partial charge in [0.05, 0.1) is 12.8 Å². The molecule has 0 saturated carbocycles. The first-order valence-corrected chi connectivity index (χ1v) is 9.86. The van der Waals surface area contributed by atoms with Gasteiger partial charge < -0.3 is 9.30 Å². The molecule has 150 valence electrons. The van der Waals surface area contributed by atoms with Crippen LogP contribution in [0.25, 0.3) is 10.9 Å². The van der Waals surface area contributed by atoms with Gasteiger partial charge in [0.15, 0.2) is 0 Å². The first-order chi connectivity index (χ1) is 14.7. The van der Waals surface area contributed by atoms with E-state index in [1.165, 1.54) is 0 Å². The number of hydrogen-bond acceptors (Lipinski definition) is 3. The van der Waals surface area contributed by atoms with Crippen LogP contribution in [-0.4, -0.2) is 23.3 Å². The lowest BCUT2D eigenvalue weighted by Crippen LogP contribution is -2.17. The maximum Gasteiger partial charge on any atom is 0.271 e. The summed E-state index contributed by atoms with van der Waals surface area (Å²) >= 11 is 0. The molecule has 0 bridgehead atoms. The molecule has 5 heteroatoms. The van der Waals surface area contributed by atoms with Crippen LogP contribution in [0.2, 0.25) is 0 Å². The zero-order valence-electron chi connectivity index (χ0n) is 16.8. The summed E-state index contributed by atoms with van der Waals surface area (Å²) in [7, 11) is 0. The number of aryl methyl sites for hydroxylation is 1. The maximum atomic E-state index is 12.2. The fourth-order valence-electron chi connectivity index (χ4n) is 3.27. The largest absolute Gasteiger partial charge is 0.492 e. The summed E-state index contributed by atoms with van der Waals surface area (Å²) in [5.41, 5.74) is 6.33. The molecule has 0 radical (unpaired) electrons. The Hall–Kier alpha value is -3.86. The average Bonchev–Trinajstić information content (AvgIpc) is 3.13. The smallest absolute Gasteiger partial charge is 0.271 e. The predicted octanol–water partition coefficient (Wildman–Crippen LogP) is 4.79. The molecule has 0 saturated heterocycles. The van der Waals surface area contributed by atoms with Crippen molar-refractivity contribution in [3.63, 3.8) is 0 Å². The van der Waals surface area contributed by atoms with E-state index < -0.39 is 0 Å². The number of carbonyl (C=O) groups excluding carboxylic acids is 1. The Bertz CT molecular complexity index is 1160. The Morgan fingerprint density at radius 3 is 2.53 bits per heavy atom. The molecular weight excluding hydrogens is 374 g/mol. The molecule has 3 aromatic carbocycles. The van der Waals surface area contributed by atoms with Crippen LogP contribution in [-0.2, 0) is 6.54 Å². The van der Waals surface area contributed by atoms with E-state index in [4.69, 9.17) is 4.74 Å². The minimum atomic E-state index is -0.230. The molecule has 5 nitrogen and oxygen atoms in total. The number of hydrazone groups is 1. The molecule has 4 rings (SSSR count). The van der Waals surface area contributed by atoms with Crippen molar-refractivity contribution in [3.8, 4) is 5.75 Å². The van der Waals surface area contributed by atoms with E-state index in [9.17, 15) is 4.79 Å². The third-order valence-electron chi connectivity index (χ3n) is 4.85. The SMILES string of the molecule is Cc1ccc(C(=O)N/N=C/c2cn(CCOc3ccccc3)c3ccccc23)cc1. The molecule has 1 heterocycles. The maximum absolute atomic E-state index is 12.2. The number of carbonyl (C=O) groups is 1. The van der Waals surface area contributed by atoms with Crippen LogP contribution in [0.1, 0.15) is 21.5 Å². The van der Waals surface area contributed by atoms with Gasteiger partial charge in [0, 0.05) is 28.2 Å². The van der Waals surface area contributed by atoms with Crippen LogP contribution in [0.5, 0.6) is 5.75 Å². The van der Waals surface area contributed by atoms with Crippen molar-refractivity contribution in [1.29, 1.82) is 0 Å². The van der Waals surface area contributed by atoms with E-state index in [0.717, 1.165) is 27.8 Å². The summed E-state index contributed by atoms with van der Waals surface area (Å²) in [4.78, 5) is 12.2. The van der Waals surface area contributed by atoms with Crippen LogP contribution in [0.15, 0.2) is 90.2 Å². The van der Waals surface area contributed by atoms with Crippen LogP contribution in [0.4, 0.5) is 0 Å². The molecule has 0 aliphatic heterocycles. The Labute approximate surface area is 175 Å². The number of para-hydroxylation sites is 2. The first kappa shape index (κ1) is 19.5. The van der Waals surface area contributed by atoms with Gasteiger partial charge >= 0.3 is 0 Å². The number of fused-ring (bicyclic) bond motifs is 1. The topological polar surface area (TPSA) is 55.6 Å². The van der Waals surface area contributed by atoms with Gasteiger partial charge in [-0.1, -0.05) is 54.1 Å². The number of rotatable bonds is 7. The molecule has 0 spiro atoms. The van der Waals surface area contributed by atoms with Gasteiger partial charge in [-0.15, -0.1) is 0 Å². The van der Waals surface area contributed by atoms with E-state index in [0.29, 0.717) is 18.7 Å². The van der Waals surface area contributed by atoms with Crippen molar-refractivity contribution in [1.82, 2.24) is 9.99 Å². The molecule has 0 unspecified atom stereocenters. The normalized spacial score (nSPS) is 11.1. The zero-order valence-corrected chi connectivity index (χ0v) is 16.8. The van der Waals surface area contributed by atoms with Crippen molar-refractivity contribution in [3.05, 3.63) is 102 Å². The van der Waals surface area contributed by atoms with Gasteiger partial charge in [-0.25, -0.2) is 5.43 Å². The summed E-state index contributed by atoms with van der Waals surface area (Å²) in [6.45, 7) is 3.25. The molecule has 0 aliphatic carbocycles. The summed E-state index contributed by atoms with van der Waals surface area (Å²) in [6.07, 6.45) is 3.71. The monoisotopic (exact) mass is 397 g/mol. The molecule has 1 N–H and O–H groups in total. The number of ether oxygens (including phenoxy) is 1. The van der Waals surface area contributed by atoms with Crippen molar-refractivity contribution >= 4 is 23.0 Å². The summed E-state index contributed by atoms with van der Waals surface area (Å²) in [6, 6.07) is 25.3. The number of benzene rings is 3. The van der Waals surface area contributed by atoms with E-state index in [2.05, 4.69) is 21.2 Å². The number of nitrogens with zero attached hydrogens (tertiary/aromatic N) is 2. The van der Waals surface area contributed by atoms with Gasteiger partial charge in [-0.05, 0) is 37.3 Å². The minimum absolute atomic E-state index is 0.230. The van der Waals surface area contributed by atoms with Crippen molar-refractivity contribution in [2.75, 3.05) is 6.61 Å². The van der Waals surface area contributed by atoms with Crippen molar-refractivity contribution in [2.24, 2.45) is 5.10 Å². The van der Waals surface area contributed by atoms with E-state index >= 15 is 0 Å². The highest BCUT2D eigenvalue weighted by atomic mass is 16.5. The predicted molar refractivity (Wildman–Crippen MR) is 120 cm³/mol. The number of amides is 1. The van der Waals surface area contributed by atoms with Crippen molar-refractivity contribution < 1.29 is 9.53 Å². The molecule has 1 amide bonds. The highest BCUT2D eigenvalue weighted by Crippen LogP contribution is 2.20. The molecule has 0 fully saturated rings. The first-order valence-electron chi connectivity index (χ1n) is 9.86. The Balaban J connectivity index is 1.45. The standard InChI is InChI=1S/C25H23N3O2/c1-19-11-13-20(14-12-19)25(29)27-26-17-21-18-28(24-10-6-5-9-23(21)24)15-16-30-22-7-3-2-4-8-22/h2-14,17-18H,15-16H2,1H3,(H,27,29)/b26-17+. The van der Waals surface area contributed by atoms with Crippen molar-refractivity contribution in [2.45, 2.75) is 13.5 Å². The number of hydrogen-bond donors (Lipinski definition) is 1. The van der Waals surface area contributed by atoms with Gasteiger partial charge in [-0.3, -0.25) is 4.79 Å². The Kier molecular flexibility index (Phi) is 5.90. The number of nitrogens with one attached hydrogen (secondary N) is 1. The quantitative estimate of drug-likeness (QED) is 0.360. The zero-order chi connectivity index (χ0) is 20.8. The number of aromatic nitrogens is 1. The summed E-state index contributed by atoms with van der Waals surface area (Å²) < 4.78 is 7.97. The van der Waals surface area contributed by atoms with Gasteiger partial charge in [0.1, 0.15) is 12.4 Å². The molecule has 0 aliphatic rings. The highest BCUT2D eigenvalue weighted by molar-refractivity contribution is 6.00. The minimum Gasteiger partial charge on any atom is -0.492 e. The van der Waals surface area contributed by atoms with Crippen LogP contribution >= 0.6 is 0 Å². The molecule has 0 atom stereocenters. The fourth-order valence-corrected chi connectivity index (χ4v) is 3.27. The molecule has 30 heavy (non-hydrogen) atoms. The molecule has 4 aromatic rings. The Morgan fingerprint density at radius 2 is 1.73 bits per heavy atom. The van der Waals surface area contributed by atoms with Crippen LogP contribution in [0.3, 0.4) is 0 Å². The summed E-state index contributed by atoms with van der Waals surface area (Å²) in [5.74, 6) is 0.626. The molecular formula is C25H23N3O2. The van der Waals surface area contributed by atoms with E-state index in [1.807, 2.05) is 73.8 Å². The third kappa shape index (κ3) is 4.58. The van der Waals surface area contributed by atoms with Gasteiger partial charge in [0.25, 0.3) is 5.91 Å². The lowest BCUT2D eigenvalue weighted by atomic mass is 10.1. The Morgan fingerprint density at radius 1 is 1.00 bits per heavy atom. The van der Waals surface area contributed by atoms with Crippen LogP contribution < -0.4 is 10.2 Å². The molecule has 1 aromatic heterocycles. The van der Waals surface area contributed by atoms with Gasteiger partial charge in [0.2, 0.25) is 0 Å².